The van der Waals surface area contributed by atoms with Crippen LogP contribution in [-0.2, 0) is 0 Å². The molecule has 0 bridgehead atoms. The lowest BCUT2D eigenvalue weighted by atomic mass is 9.99. The molecule has 5 rings (SSSR count). The first kappa shape index (κ1) is 24.1. The van der Waals surface area contributed by atoms with E-state index in [0.29, 0.717) is 30.3 Å². The molecule has 5 nitrogen and oxygen atoms in total. The van der Waals surface area contributed by atoms with E-state index in [1.165, 1.54) is 5.56 Å². The Hall–Kier alpha value is -3.57. The van der Waals surface area contributed by atoms with Crippen LogP contribution < -0.4 is 9.64 Å². The first-order valence-corrected chi connectivity index (χ1v) is 12.8. The molecule has 2 heterocycles. The number of pyridine rings is 1. The summed E-state index contributed by atoms with van der Waals surface area (Å²) in [6.07, 6.45) is 0. The molecule has 1 aromatic heterocycles. The van der Waals surface area contributed by atoms with Crippen LogP contribution >= 0.6 is 11.6 Å². The second kappa shape index (κ2) is 10.2. The molecule has 0 radical (unpaired) electrons. The summed E-state index contributed by atoms with van der Waals surface area (Å²) in [5.74, 6) is 0.890. The van der Waals surface area contributed by atoms with E-state index in [9.17, 15) is 4.79 Å². The third kappa shape index (κ3) is 4.76. The maximum atomic E-state index is 13.9. The molecule has 1 fully saturated rings. The quantitative estimate of drug-likeness (QED) is 0.313. The van der Waals surface area contributed by atoms with Gasteiger partial charge in [-0.25, -0.2) is 4.98 Å². The number of carbonyl (C=O) groups is 1. The third-order valence-corrected chi connectivity index (χ3v) is 6.97. The number of ether oxygens (including phenoxy) is 1. The van der Waals surface area contributed by atoms with E-state index in [1.54, 1.807) is 0 Å². The Morgan fingerprint density at radius 2 is 1.75 bits per heavy atom. The Balaban J connectivity index is 1.46. The second-order valence-electron chi connectivity index (χ2n) is 9.21. The number of amides is 1. The summed E-state index contributed by atoms with van der Waals surface area (Å²) in [6.45, 7) is 9.50. The molecule has 1 aliphatic rings. The summed E-state index contributed by atoms with van der Waals surface area (Å²) < 4.78 is 5.82. The lowest BCUT2D eigenvalue weighted by Crippen LogP contribution is -2.49. The molecule has 1 saturated heterocycles. The van der Waals surface area contributed by atoms with Crippen molar-refractivity contribution >= 4 is 34.1 Å². The average Bonchev–Trinajstić information content (AvgIpc) is 2.88. The summed E-state index contributed by atoms with van der Waals surface area (Å²) in [5.41, 5.74) is 6.65. The molecule has 0 unspecified atom stereocenters. The van der Waals surface area contributed by atoms with Gasteiger partial charge in [-0.2, -0.15) is 0 Å². The smallest absolute Gasteiger partial charge is 0.254 e. The highest BCUT2D eigenvalue weighted by molar-refractivity contribution is 6.31. The van der Waals surface area contributed by atoms with Gasteiger partial charge in [0.2, 0.25) is 0 Å². The normalized spacial score (nSPS) is 13.8. The van der Waals surface area contributed by atoms with E-state index in [-0.39, 0.29) is 5.91 Å². The number of hydrogen-bond donors (Lipinski definition) is 0. The lowest BCUT2D eigenvalue weighted by molar-refractivity contribution is 0.0748. The molecular formula is C30H30ClN3O2. The SMILES string of the molecule is CCOc1ccccc1N1CCN(C(=O)c2cc(-c3ccc(C)cc3C)nc3ccc(Cl)cc23)CC1. The first-order chi connectivity index (χ1) is 17.4. The van der Waals surface area contributed by atoms with Crippen LogP contribution in [0.15, 0.2) is 66.7 Å². The number of aryl methyl sites for hydroxylation is 2. The number of halogens is 1. The number of piperazine rings is 1. The number of aromatic nitrogens is 1. The lowest BCUT2D eigenvalue weighted by Gasteiger charge is -2.37. The highest BCUT2D eigenvalue weighted by Crippen LogP contribution is 2.32. The van der Waals surface area contributed by atoms with Gasteiger partial charge >= 0.3 is 0 Å². The largest absolute Gasteiger partial charge is 0.492 e. The summed E-state index contributed by atoms with van der Waals surface area (Å²) in [5, 5.41) is 1.38. The van der Waals surface area contributed by atoms with E-state index in [1.807, 2.05) is 54.3 Å². The van der Waals surface area contributed by atoms with Crippen LogP contribution in [0.1, 0.15) is 28.4 Å². The Bertz CT molecular complexity index is 1430. The molecule has 1 aliphatic heterocycles. The second-order valence-corrected chi connectivity index (χ2v) is 9.65. The predicted molar refractivity (Wildman–Crippen MR) is 147 cm³/mol. The topological polar surface area (TPSA) is 45.7 Å². The summed E-state index contributed by atoms with van der Waals surface area (Å²) >= 11 is 6.34. The monoisotopic (exact) mass is 499 g/mol. The van der Waals surface area contributed by atoms with Crippen molar-refractivity contribution in [2.24, 2.45) is 0 Å². The van der Waals surface area contributed by atoms with Crippen LogP contribution in [0, 0.1) is 13.8 Å². The van der Waals surface area contributed by atoms with Gasteiger partial charge in [0.05, 0.1) is 29.1 Å². The molecule has 0 saturated carbocycles. The standard InChI is InChI=1S/C30H30ClN3O2/c1-4-36-29-8-6-5-7-28(29)33-13-15-34(16-14-33)30(35)25-19-27(23-11-9-20(2)17-21(23)3)32-26-12-10-22(31)18-24(25)26/h5-12,17-19H,4,13-16H2,1-3H3. The minimum Gasteiger partial charge on any atom is -0.492 e. The number of para-hydroxylation sites is 2. The van der Waals surface area contributed by atoms with Crippen LogP contribution in [0.25, 0.3) is 22.2 Å². The van der Waals surface area contributed by atoms with Crippen LogP contribution in [-0.4, -0.2) is 48.6 Å². The number of rotatable bonds is 5. The van der Waals surface area contributed by atoms with Gasteiger partial charge in [-0.15, -0.1) is 0 Å². The maximum Gasteiger partial charge on any atom is 0.254 e. The molecule has 4 aromatic rings. The first-order valence-electron chi connectivity index (χ1n) is 12.4. The third-order valence-electron chi connectivity index (χ3n) is 6.73. The van der Waals surface area contributed by atoms with Gasteiger partial charge in [0, 0.05) is 42.2 Å². The van der Waals surface area contributed by atoms with Crippen molar-refractivity contribution in [1.82, 2.24) is 9.88 Å². The van der Waals surface area contributed by atoms with Crippen LogP contribution in [0.3, 0.4) is 0 Å². The van der Waals surface area contributed by atoms with Crippen LogP contribution in [0.4, 0.5) is 5.69 Å². The molecule has 0 atom stereocenters. The average molecular weight is 500 g/mol. The zero-order valence-electron chi connectivity index (χ0n) is 20.9. The zero-order chi connectivity index (χ0) is 25.2. The predicted octanol–water partition coefficient (Wildman–Crippen LogP) is 6.53. The van der Waals surface area contributed by atoms with Crippen molar-refractivity contribution in [1.29, 1.82) is 0 Å². The molecule has 0 spiro atoms. The van der Waals surface area contributed by atoms with Gasteiger partial charge in [-0.1, -0.05) is 47.5 Å². The summed E-state index contributed by atoms with van der Waals surface area (Å²) in [4.78, 5) is 23.0. The Morgan fingerprint density at radius 3 is 2.50 bits per heavy atom. The van der Waals surface area contributed by atoms with Gasteiger partial charge in [0.1, 0.15) is 5.75 Å². The number of carbonyl (C=O) groups excluding carboxylic acids is 1. The minimum absolute atomic E-state index is 0.00780. The fourth-order valence-corrected chi connectivity index (χ4v) is 5.10. The van der Waals surface area contributed by atoms with Crippen molar-refractivity contribution in [2.75, 3.05) is 37.7 Å². The molecule has 0 aliphatic carbocycles. The summed E-state index contributed by atoms with van der Waals surface area (Å²) in [7, 11) is 0. The van der Waals surface area contributed by atoms with Crippen molar-refractivity contribution in [3.8, 4) is 17.0 Å². The fourth-order valence-electron chi connectivity index (χ4n) is 4.93. The summed E-state index contributed by atoms with van der Waals surface area (Å²) in [6, 6.07) is 21.9. The van der Waals surface area contributed by atoms with Gasteiger partial charge in [0.15, 0.2) is 0 Å². The maximum absolute atomic E-state index is 13.9. The Kier molecular flexibility index (Phi) is 6.84. The van der Waals surface area contributed by atoms with Crippen LogP contribution in [0.5, 0.6) is 5.75 Å². The van der Waals surface area contributed by atoms with Gasteiger partial charge < -0.3 is 14.5 Å². The Labute approximate surface area is 217 Å². The minimum atomic E-state index is 0.00780. The molecule has 6 heteroatoms. The number of benzene rings is 3. The number of hydrogen-bond acceptors (Lipinski definition) is 4. The Morgan fingerprint density at radius 1 is 0.972 bits per heavy atom. The van der Waals surface area contributed by atoms with E-state index < -0.39 is 0 Å². The van der Waals surface area contributed by atoms with Crippen LogP contribution in [0.2, 0.25) is 5.02 Å². The molecular weight excluding hydrogens is 470 g/mol. The molecule has 1 amide bonds. The molecule has 0 N–H and O–H groups in total. The number of fused-ring (bicyclic) bond motifs is 1. The molecule has 184 valence electrons. The van der Waals surface area contributed by atoms with E-state index in [2.05, 4.69) is 43.0 Å². The zero-order valence-corrected chi connectivity index (χ0v) is 21.7. The number of nitrogens with zero attached hydrogens (tertiary/aromatic N) is 3. The van der Waals surface area contributed by atoms with Crippen molar-refractivity contribution < 1.29 is 9.53 Å². The van der Waals surface area contributed by atoms with Crippen molar-refractivity contribution in [3.63, 3.8) is 0 Å². The van der Waals surface area contributed by atoms with Gasteiger partial charge in [-0.3, -0.25) is 4.79 Å². The van der Waals surface area contributed by atoms with Crippen molar-refractivity contribution in [3.05, 3.63) is 88.4 Å². The van der Waals surface area contributed by atoms with Crippen molar-refractivity contribution in [2.45, 2.75) is 20.8 Å². The number of anilines is 1. The fraction of sp³-hybridized carbons (Fsp3) is 0.267. The highest BCUT2D eigenvalue weighted by Gasteiger charge is 2.26. The molecule has 36 heavy (non-hydrogen) atoms. The molecule has 3 aromatic carbocycles. The highest BCUT2D eigenvalue weighted by atomic mass is 35.5. The van der Waals surface area contributed by atoms with E-state index in [4.69, 9.17) is 21.3 Å². The van der Waals surface area contributed by atoms with Gasteiger partial charge in [0.25, 0.3) is 5.91 Å². The van der Waals surface area contributed by atoms with Gasteiger partial charge in [-0.05, 0) is 62.7 Å². The van der Waals surface area contributed by atoms with E-state index in [0.717, 1.165) is 52.3 Å². The van der Waals surface area contributed by atoms with E-state index >= 15 is 0 Å².